The van der Waals surface area contributed by atoms with Crippen LogP contribution in [0.25, 0.3) is 0 Å². The molecule has 5 heteroatoms. The third-order valence-electron chi connectivity index (χ3n) is 4.76. The van der Waals surface area contributed by atoms with Crippen molar-refractivity contribution in [1.29, 1.82) is 0 Å². The van der Waals surface area contributed by atoms with E-state index < -0.39 is 0 Å². The van der Waals surface area contributed by atoms with E-state index in [1.54, 1.807) is 11.3 Å². The Morgan fingerprint density at radius 2 is 2.00 bits per heavy atom. The lowest BCUT2D eigenvalue weighted by molar-refractivity contribution is -0.133. The number of piperazine rings is 1. The lowest BCUT2D eigenvalue weighted by atomic mass is 10.1. The van der Waals surface area contributed by atoms with Crippen LogP contribution in [0, 0.1) is 13.8 Å². The Balaban J connectivity index is 1.56. The van der Waals surface area contributed by atoms with Gasteiger partial charge in [0.15, 0.2) is 0 Å². The van der Waals surface area contributed by atoms with Gasteiger partial charge >= 0.3 is 0 Å². The molecule has 24 heavy (non-hydrogen) atoms. The smallest absolute Gasteiger partial charge is 0.223 e. The fourth-order valence-corrected chi connectivity index (χ4v) is 4.03. The molecule has 1 aliphatic heterocycles. The zero-order valence-electron chi connectivity index (χ0n) is 14.7. The molecule has 1 fully saturated rings. The van der Waals surface area contributed by atoms with Gasteiger partial charge in [-0.15, -0.1) is 11.3 Å². The minimum absolute atomic E-state index is 0.245. The summed E-state index contributed by atoms with van der Waals surface area (Å²) in [5, 5.41) is 0. The number of hydrogen-bond acceptors (Lipinski definition) is 4. The van der Waals surface area contributed by atoms with Crippen molar-refractivity contribution in [3.05, 3.63) is 45.9 Å². The monoisotopic (exact) mass is 343 g/mol. The van der Waals surface area contributed by atoms with E-state index >= 15 is 0 Å². The number of carbonyl (C=O) groups is 1. The fourth-order valence-electron chi connectivity index (χ4n) is 3.25. The summed E-state index contributed by atoms with van der Waals surface area (Å²) in [4.78, 5) is 22.5. The second-order valence-electron chi connectivity index (χ2n) is 6.58. The standard InChI is InChI=1S/C19H25N3OS/c1-14-4-6-17(7-5-14)21-10-11-22(15(2)12-21)19(23)9-8-18-16(3)20-13-24-18/h4-7,13,15H,8-12H2,1-3H3/t15-/m0/s1. The molecule has 128 valence electrons. The van der Waals surface area contributed by atoms with Crippen LogP contribution >= 0.6 is 11.3 Å². The number of rotatable bonds is 4. The van der Waals surface area contributed by atoms with Crippen LogP contribution in [0.1, 0.15) is 29.5 Å². The van der Waals surface area contributed by atoms with Crippen LogP contribution in [0.3, 0.4) is 0 Å². The van der Waals surface area contributed by atoms with Gasteiger partial charge in [0.2, 0.25) is 5.91 Å². The summed E-state index contributed by atoms with van der Waals surface area (Å²) in [6.07, 6.45) is 1.39. The van der Waals surface area contributed by atoms with Gasteiger partial charge in [-0.2, -0.15) is 0 Å². The van der Waals surface area contributed by atoms with Gasteiger partial charge in [0.25, 0.3) is 0 Å². The average molecular weight is 343 g/mol. The zero-order chi connectivity index (χ0) is 17.1. The third kappa shape index (κ3) is 3.78. The number of anilines is 1. The van der Waals surface area contributed by atoms with Crippen LogP contribution in [-0.2, 0) is 11.2 Å². The molecular weight excluding hydrogens is 318 g/mol. The number of thiazole rings is 1. The molecule has 1 aromatic heterocycles. The highest BCUT2D eigenvalue weighted by molar-refractivity contribution is 7.09. The number of nitrogens with zero attached hydrogens (tertiary/aromatic N) is 3. The van der Waals surface area contributed by atoms with Crippen molar-refractivity contribution >= 4 is 22.9 Å². The highest BCUT2D eigenvalue weighted by Gasteiger charge is 2.27. The van der Waals surface area contributed by atoms with Crippen LogP contribution in [-0.4, -0.2) is 41.5 Å². The molecular formula is C19H25N3OS. The van der Waals surface area contributed by atoms with E-state index in [9.17, 15) is 4.79 Å². The number of hydrogen-bond donors (Lipinski definition) is 0. The predicted molar refractivity (Wildman–Crippen MR) is 99.7 cm³/mol. The Bertz CT molecular complexity index is 695. The number of amides is 1. The Morgan fingerprint density at radius 1 is 1.25 bits per heavy atom. The highest BCUT2D eigenvalue weighted by Crippen LogP contribution is 2.21. The molecule has 1 aromatic carbocycles. The van der Waals surface area contributed by atoms with Crippen molar-refractivity contribution in [2.75, 3.05) is 24.5 Å². The van der Waals surface area contributed by atoms with Crippen molar-refractivity contribution < 1.29 is 4.79 Å². The second-order valence-corrected chi connectivity index (χ2v) is 7.52. The molecule has 3 rings (SSSR count). The quantitative estimate of drug-likeness (QED) is 0.853. The van der Waals surface area contributed by atoms with Gasteiger partial charge in [0.05, 0.1) is 11.2 Å². The maximum absolute atomic E-state index is 12.6. The minimum atomic E-state index is 0.245. The first kappa shape index (κ1) is 17.0. The topological polar surface area (TPSA) is 36.4 Å². The summed E-state index contributed by atoms with van der Waals surface area (Å²) in [6.45, 7) is 8.87. The number of aryl methyl sites for hydroxylation is 3. The lowest BCUT2D eigenvalue weighted by Crippen LogP contribution is -2.54. The molecule has 0 unspecified atom stereocenters. The minimum Gasteiger partial charge on any atom is -0.368 e. The average Bonchev–Trinajstić information content (AvgIpc) is 2.98. The first-order valence-electron chi connectivity index (χ1n) is 8.54. The molecule has 1 aliphatic rings. The number of aromatic nitrogens is 1. The Hall–Kier alpha value is -1.88. The van der Waals surface area contributed by atoms with Gasteiger partial charge in [-0.25, -0.2) is 4.98 Å². The van der Waals surface area contributed by atoms with Crippen molar-refractivity contribution in [1.82, 2.24) is 9.88 Å². The SMILES string of the molecule is Cc1ccc(N2CCN(C(=O)CCc3scnc3C)[C@@H](C)C2)cc1. The van der Waals surface area contributed by atoms with E-state index in [0.29, 0.717) is 6.42 Å². The van der Waals surface area contributed by atoms with Gasteiger partial charge in [0.1, 0.15) is 0 Å². The van der Waals surface area contributed by atoms with Crippen LogP contribution in [0.15, 0.2) is 29.8 Å². The van der Waals surface area contributed by atoms with Crippen molar-refractivity contribution in [2.24, 2.45) is 0 Å². The molecule has 4 nitrogen and oxygen atoms in total. The lowest BCUT2D eigenvalue weighted by Gasteiger charge is -2.41. The first-order valence-corrected chi connectivity index (χ1v) is 9.42. The molecule has 2 heterocycles. The van der Waals surface area contributed by atoms with Crippen molar-refractivity contribution in [3.63, 3.8) is 0 Å². The largest absolute Gasteiger partial charge is 0.368 e. The summed E-state index contributed by atoms with van der Waals surface area (Å²) in [5.74, 6) is 0.263. The fraction of sp³-hybridized carbons (Fsp3) is 0.474. The highest BCUT2D eigenvalue weighted by atomic mass is 32.1. The van der Waals surface area contributed by atoms with Gasteiger partial charge in [-0.05, 0) is 39.3 Å². The van der Waals surface area contributed by atoms with E-state index in [1.807, 2.05) is 17.3 Å². The summed E-state index contributed by atoms with van der Waals surface area (Å²) in [5.41, 5.74) is 5.45. The third-order valence-corrected chi connectivity index (χ3v) is 5.75. The number of carbonyl (C=O) groups excluding carboxylic acids is 1. The van der Waals surface area contributed by atoms with Gasteiger partial charge < -0.3 is 9.80 Å². The van der Waals surface area contributed by atoms with E-state index in [1.165, 1.54) is 16.1 Å². The van der Waals surface area contributed by atoms with Gasteiger partial charge in [0, 0.05) is 42.7 Å². The molecule has 1 atom stereocenters. The molecule has 0 aliphatic carbocycles. The van der Waals surface area contributed by atoms with Gasteiger partial charge in [-0.1, -0.05) is 17.7 Å². The van der Waals surface area contributed by atoms with Crippen LogP contribution in [0.2, 0.25) is 0 Å². The predicted octanol–water partition coefficient (Wildman–Crippen LogP) is 3.43. The zero-order valence-corrected chi connectivity index (χ0v) is 15.5. The Labute approximate surface area is 148 Å². The van der Waals surface area contributed by atoms with E-state index in [-0.39, 0.29) is 11.9 Å². The summed E-state index contributed by atoms with van der Waals surface area (Å²) in [6, 6.07) is 8.89. The Morgan fingerprint density at radius 3 is 2.62 bits per heavy atom. The molecule has 2 aromatic rings. The van der Waals surface area contributed by atoms with Crippen molar-refractivity contribution in [3.8, 4) is 0 Å². The number of benzene rings is 1. The second kappa shape index (κ2) is 7.34. The van der Waals surface area contributed by atoms with E-state index in [2.05, 4.69) is 48.0 Å². The summed E-state index contributed by atoms with van der Waals surface area (Å²) >= 11 is 1.65. The molecule has 1 saturated heterocycles. The van der Waals surface area contributed by atoms with E-state index in [4.69, 9.17) is 0 Å². The molecule has 0 spiro atoms. The Kier molecular flexibility index (Phi) is 5.19. The van der Waals surface area contributed by atoms with Crippen LogP contribution in [0.4, 0.5) is 5.69 Å². The van der Waals surface area contributed by atoms with Gasteiger partial charge in [-0.3, -0.25) is 4.79 Å². The molecule has 1 amide bonds. The van der Waals surface area contributed by atoms with Crippen LogP contribution < -0.4 is 4.90 Å². The molecule has 0 bridgehead atoms. The summed E-state index contributed by atoms with van der Waals surface area (Å²) in [7, 11) is 0. The first-order chi connectivity index (χ1) is 11.5. The normalized spacial score (nSPS) is 18.0. The summed E-state index contributed by atoms with van der Waals surface area (Å²) < 4.78 is 0. The van der Waals surface area contributed by atoms with Crippen molar-refractivity contribution in [2.45, 2.75) is 39.7 Å². The van der Waals surface area contributed by atoms with E-state index in [0.717, 1.165) is 31.7 Å². The maximum Gasteiger partial charge on any atom is 0.223 e. The maximum atomic E-state index is 12.6. The molecule has 0 saturated carbocycles. The molecule has 0 radical (unpaired) electrons. The van der Waals surface area contributed by atoms with Crippen LogP contribution in [0.5, 0.6) is 0 Å². The molecule has 0 N–H and O–H groups in total.